The van der Waals surface area contributed by atoms with Crippen LogP contribution in [0, 0.1) is 13.8 Å². The molecule has 1 amide bonds. The van der Waals surface area contributed by atoms with E-state index in [1.165, 1.54) is 0 Å². The van der Waals surface area contributed by atoms with Crippen molar-refractivity contribution in [3.8, 4) is 0 Å². The van der Waals surface area contributed by atoms with Crippen LogP contribution in [0.2, 0.25) is 0 Å². The number of nitrogens with one attached hydrogen (secondary N) is 1. The molecule has 0 spiro atoms. The highest BCUT2D eigenvalue weighted by Gasteiger charge is 2.34. The Bertz CT molecular complexity index is 1210. The summed E-state index contributed by atoms with van der Waals surface area (Å²) in [6, 6.07) is 9.79. The topological polar surface area (TPSA) is 81.8 Å². The van der Waals surface area contributed by atoms with E-state index in [2.05, 4.69) is 14.8 Å². The largest absolute Gasteiger partial charge is 0.378 e. The van der Waals surface area contributed by atoms with Crippen LogP contribution < -0.4 is 5.56 Å². The van der Waals surface area contributed by atoms with E-state index >= 15 is 0 Å². The van der Waals surface area contributed by atoms with Gasteiger partial charge in [0.2, 0.25) is 5.91 Å². The molecule has 0 aliphatic carbocycles. The first kappa shape index (κ1) is 23.2. The molecule has 2 aromatic heterocycles. The van der Waals surface area contributed by atoms with Crippen LogP contribution in [0.5, 0.6) is 0 Å². The molecular weight excluding hydrogens is 450 g/mol. The van der Waals surface area contributed by atoms with Gasteiger partial charge >= 0.3 is 0 Å². The average molecular weight is 482 g/mol. The number of carbonyl (C=O) groups is 1. The molecule has 2 aliphatic heterocycles. The molecule has 2 fully saturated rings. The minimum Gasteiger partial charge on any atom is -0.378 e. The van der Waals surface area contributed by atoms with Gasteiger partial charge in [-0.15, -0.1) is 11.3 Å². The van der Waals surface area contributed by atoms with Gasteiger partial charge in [-0.05, 0) is 25.0 Å². The summed E-state index contributed by atoms with van der Waals surface area (Å²) in [4.78, 5) is 42.4. The number of benzene rings is 1. The fourth-order valence-electron chi connectivity index (χ4n) is 4.87. The van der Waals surface area contributed by atoms with Crippen LogP contribution in [-0.4, -0.2) is 83.1 Å². The number of piperazine rings is 1. The summed E-state index contributed by atoms with van der Waals surface area (Å²) in [5.41, 5.74) is 2.00. The number of fused-ring (bicyclic) bond motifs is 1. The van der Waals surface area contributed by atoms with Crippen LogP contribution in [0.15, 0.2) is 35.1 Å². The Morgan fingerprint density at radius 3 is 2.50 bits per heavy atom. The van der Waals surface area contributed by atoms with Crippen LogP contribution in [0.1, 0.15) is 27.9 Å². The maximum atomic E-state index is 13.5. The summed E-state index contributed by atoms with van der Waals surface area (Å²) in [5.74, 6) is 0.860. The molecular formula is C25H31N5O3S. The third kappa shape index (κ3) is 4.65. The van der Waals surface area contributed by atoms with Crippen LogP contribution in [0.4, 0.5) is 0 Å². The van der Waals surface area contributed by atoms with Crippen molar-refractivity contribution in [2.45, 2.75) is 26.4 Å². The Hall–Kier alpha value is -2.59. The third-order valence-corrected chi connectivity index (χ3v) is 8.01. The van der Waals surface area contributed by atoms with Gasteiger partial charge in [0.15, 0.2) is 0 Å². The van der Waals surface area contributed by atoms with Crippen molar-refractivity contribution in [3.63, 3.8) is 0 Å². The molecule has 1 atom stereocenters. The number of hydrogen-bond donors (Lipinski definition) is 1. The normalized spacial score (nSPS) is 18.9. The highest BCUT2D eigenvalue weighted by molar-refractivity contribution is 7.18. The van der Waals surface area contributed by atoms with Gasteiger partial charge < -0.3 is 14.6 Å². The van der Waals surface area contributed by atoms with Crippen molar-refractivity contribution < 1.29 is 9.53 Å². The van der Waals surface area contributed by atoms with E-state index < -0.39 is 0 Å². The number of aromatic nitrogens is 2. The lowest BCUT2D eigenvalue weighted by Gasteiger charge is -2.40. The molecule has 2 aliphatic rings. The standard InChI is InChI=1S/C25H31N5O3S/c1-17-18(2)34-24-21(17)23(31)26-20(27-24)16-28-8-10-29(11-9-28)22(19-6-4-3-5-7-19)25(32)30-12-14-33-15-13-30/h3-7,22H,8-16H2,1-2H3,(H,26,27,31)/t22-/m0/s1. The number of hydrogen-bond acceptors (Lipinski definition) is 7. The predicted octanol–water partition coefficient (Wildman–Crippen LogP) is 2.32. The van der Waals surface area contributed by atoms with Crippen LogP contribution in [0.25, 0.3) is 10.2 Å². The number of amides is 1. The average Bonchev–Trinajstić information content (AvgIpc) is 3.15. The summed E-state index contributed by atoms with van der Waals surface area (Å²) >= 11 is 1.58. The van der Waals surface area contributed by atoms with E-state index in [-0.39, 0.29) is 17.5 Å². The van der Waals surface area contributed by atoms with E-state index in [0.29, 0.717) is 44.1 Å². The van der Waals surface area contributed by atoms with Gasteiger partial charge in [0.05, 0.1) is 25.1 Å². The minimum atomic E-state index is -0.284. The fraction of sp³-hybridized carbons (Fsp3) is 0.480. The van der Waals surface area contributed by atoms with Gasteiger partial charge in [-0.2, -0.15) is 0 Å². The molecule has 0 radical (unpaired) electrons. The number of H-pyrrole nitrogens is 1. The van der Waals surface area contributed by atoms with E-state index in [9.17, 15) is 9.59 Å². The molecule has 2 saturated heterocycles. The van der Waals surface area contributed by atoms with Crippen molar-refractivity contribution in [1.29, 1.82) is 0 Å². The minimum absolute atomic E-state index is 0.0549. The van der Waals surface area contributed by atoms with Crippen LogP contribution in [-0.2, 0) is 16.1 Å². The number of nitrogens with zero attached hydrogens (tertiary/aromatic N) is 4. The zero-order valence-electron chi connectivity index (χ0n) is 19.7. The Morgan fingerprint density at radius 2 is 1.79 bits per heavy atom. The quantitative estimate of drug-likeness (QED) is 0.602. The predicted molar refractivity (Wildman–Crippen MR) is 133 cm³/mol. The second kappa shape index (κ2) is 9.95. The summed E-state index contributed by atoms with van der Waals surface area (Å²) in [6.45, 7) is 10.3. The van der Waals surface area contributed by atoms with Gasteiger partial charge in [0.25, 0.3) is 5.56 Å². The first-order valence-electron chi connectivity index (χ1n) is 11.9. The molecule has 4 heterocycles. The van der Waals surface area contributed by atoms with Gasteiger partial charge in [0.1, 0.15) is 16.7 Å². The van der Waals surface area contributed by atoms with Gasteiger partial charge in [0, 0.05) is 44.1 Å². The SMILES string of the molecule is Cc1sc2nc(CN3CCN([C@H](C(=O)N4CCOCC4)c4ccccc4)CC3)[nH]c(=O)c2c1C. The number of rotatable bonds is 5. The van der Waals surface area contributed by atoms with Gasteiger partial charge in [-0.3, -0.25) is 19.4 Å². The maximum absolute atomic E-state index is 13.5. The molecule has 0 unspecified atom stereocenters. The molecule has 1 N–H and O–H groups in total. The Balaban J connectivity index is 1.29. The molecule has 5 rings (SSSR count). The smallest absolute Gasteiger partial charge is 0.259 e. The zero-order valence-corrected chi connectivity index (χ0v) is 20.6. The first-order valence-corrected chi connectivity index (χ1v) is 12.7. The van der Waals surface area contributed by atoms with Gasteiger partial charge in [-0.25, -0.2) is 4.98 Å². The zero-order chi connectivity index (χ0) is 23.7. The summed E-state index contributed by atoms with van der Waals surface area (Å²) in [5, 5.41) is 0.711. The Kier molecular flexibility index (Phi) is 6.78. The lowest BCUT2D eigenvalue weighted by atomic mass is 10.0. The molecule has 0 saturated carbocycles. The summed E-state index contributed by atoms with van der Waals surface area (Å²) in [6.07, 6.45) is 0. The molecule has 8 nitrogen and oxygen atoms in total. The van der Waals surface area contributed by atoms with E-state index in [4.69, 9.17) is 9.72 Å². The fourth-order valence-corrected chi connectivity index (χ4v) is 5.92. The van der Waals surface area contributed by atoms with Crippen molar-refractivity contribution in [1.82, 2.24) is 24.7 Å². The monoisotopic (exact) mass is 481 g/mol. The van der Waals surface area contributed by atoms with Crippen LogP contribution in [0.3, 0.4) is 0 Å². The van der Waals surface area contributed by atoms with Crippen molar-refractivity contribution in [2.24, 2.45) is 0 Å². The third-order valence-electron chi connectivity index (χ3n) is 6.91. The highest BCUT2D eigenvalue weighted by Crippen LogP contribution is 2.27. The number of ether oxygens (including phenoxy) is 1. The van der Waals surface area contributed by atoms with Crippen LogP contribution >= 0.6 is 11.3 Å². The van der Waals surface area contributed by atoms with E-state index in [1.807, 2.05) is 49.1 Å². The summed E-state index contributed by atoms with van der Waals surface area (Å²) in [7, 11) is 0. The van der Waals surface area contributed by atoms with Crippen molar-refractivity contribution in [3.05, 3.63) is 62.5 Å². The molecule has 0 bridgehead atoms. The first-order chi connectivity index (χ1) is 16.5. The lowest BCUT2D eigenvalue weighted by Crippen LogP contribution is -2.53. The Labute approximate surface area is 203 Å². The number of aromatic amines is 1. The molecule has 34 heavy (non-hydrogen) atoms. The highest BCUT2D eigenvalue weighted by atomic mass is 32.1. The summed E-state index contributed by atoms with van der Waals surface area (Å²) < 4.78 is 5.45. The second-order valence-electron chi connectivity index (χ2n) is 9.04. The Morgan fingerprint density at radius 1 is 1.09 bits per heavy atom. The van der Waals surface area contributed by atoms with E-state index in [1.54, 1.807) is 11.3 Å². The number of thiophene rings is 1. The van der Waals surface area contributed by atoms with Crippen molar-refractivity contribution in [2.75, 3.05) is 52.5 Å². The maximum Gasteiger partial charge on any atom is 0.259 e. The van der Waals surface area contributed by atoms with E-state index in [0.717, 1.165) is 47.0 Å². The second-order valence-corrected chi connectivity index (χ2v) is 10.2. The lowest BCUT2D eigenvalue weighted by molar-refractivity contribution is -0.142. The number of carbonyl (C=O) groups excluding carboxylic acids is 1. The number of morpholine rings is 1. The molecule has 9 heteroatoms. The molecule has 3 aromatic rings. The number of aryl methyl sites for hydroxylation is 2. The molecule has 1 aromatic carbocycles. The molecule has 180 valence electrons. The van der Waals surface area contributed by atoms with Crippen molar-refractivity contribution >= 4 is 27.5 Å². The van der Waals surface area contributed by atoms with Gasteiger partial charge in [-0.1, -0.05) is 30.3 Å².